The van der Waals surface area contributed by atoms with E-state index in [0.717, 1.165) is 5.56 Å². The fourth-order valence-corrected chi connectivity index (χ4v) is 2.26. The van der Waals surface area contributed by atoms with Crippen molar-refractivity contribution in [2.75, 3.05) is 0 Å². The van der Waals surface area contributed by atoms with Gasteiger partial charge in [0.05, 0.1) is 0 Å². The molecule has 0 unspecified atom stereocenters. The summed E-state index contributed by atoms with van der Waals surface area (Å²) in [6.45, 7) is 0.355. The molecule has 0 bridgehead atoms. The average molecular weight is 369 g/mol. The van der Waals surface area contributed by atoms with Crippen molar-refractivity contribution in [1.29, 1.82) is 0 Å². The van der Waals surface area contributed by atoms with Crippen LogP contribution in [0.4, 0.5) is 13.6 Å². The topological polar surface area (TPSA) is 63.2 Å². The summed E-state index contributed by atoms with van der Waals surface area (Å²) < 4.78 is 31.9. The lowest BCUT2D eigenvalue weighted by molar-refractivity contribution is 0.240. The molecule has 0 radical (unpaired) electrons. The molecule has 2 amide bonds. The molecule has 7 heteroatoms. The second kappa shape index (κ2) is 8.75. The van der Waals surface area contributed by atoms with E-state index in [2.05, 4.69) is 15.6 Å². The average Bonchev–Trinajstić information content (AvgIpc) is 2.68. The molecule has 27 heavy (non-hydrogen) atoms. The largest absolute Gasteiger partial charge is 0.439 e. The Balaban J connectivity index is 1.46. The number of amides is 2. The number of carbonyl (C=O) groups excluding carboxylic acids is 1. The monoisotopic (exact) mass is 369 g/mol. The van der Waals surface area contributed by atoms with Crippen LogP contribution in [0.25, 0.3) is 0 Å². The summed E-state index contributed by atoms with van der Waals surface area (Å²) in [6, 6.07) is 14.9. The van der Waals surface area contributed by atoms with E-state index < -0.39 is 6.03 Å². The van der Waals surface area contributed by atoms with Crippen LogP contribution in [0.3, 0.4) is 0 Å². The quantitative estimate of drug-likeness (QED) is 0.686. The fourth-order valence-electron chi connectivity index (χ4n) is 2.26. The summed E-state index contributed by atoms with van der Waals surface area (Å²) in [7, 11) is 0. The lowest BCUT2D eigenvalue weighted by Crippen LogP contribution is -2.34. The standard InChI is InChI=1S/C20H17F2N3O2/c21-16-6-8-17(9-7-16)27-19-10-5-14(11-23-19)12-24-20(26)25-13-15-3-1-2-4-18(15)22/h1-11H,12-13H2,(H2,24,25,26). The van der Waals surface area contributed by atoms with Crippen molar-refractivity contribution in [2.24, 2.45) is 0 Å². The van der Waals surface area contributed by atoms with E-state index in [9.17, 15) is 13.6 Å². The molecule has 0 fully saturated rings. The van der Waals surface area contributed by atoms with Crippen LogP contribution in [0.1, 0.15) is 11.1 Å². The number of carbonyl (C=O) groups is 1. The number of nitrogens with zero attached hydrogens (tertiary/aromatic N) is 1. The Morgan fingerprint density at radius 2 is 1.67 bits per heavy atom. The molecule has 0 aliphatic rings. The van der Waals surface area contributed by atoms with Crippen molar-refractivity contribution in [3.8, 4) is 11.6 Å². The summed E-state index contributed by atoms with van der Waals surface area (Å²) in [6.07, 6.45) is 1.57. The first-order valence-electron chi connectivity index (χ1n) is 8.23. The number of hydrogen-bond acceptors (Lipinski definition) is 3. The van der Waals surface area contributed by atoms with E-state index in [-0.39, 0.29) is 24.7 Å². The molecule has 3 rings (SSSR count). The highest BCUT2D eigenvalue weighted by molar-refractivity contribution is 5.73. The van der Waals surface area contributed by atoms with E-state index in [1.165, 1.54) is 30.3 Å². The molecule has 0 spiro atoms. The van der Waals surface area contributed by atoms with Crippen molar-refractivity contribution < 1.29 is 18.3 Å². The van der Waals surface area contributed by atoms with Crippen molar-refractivity contribution in [3.05, 3.63) is 89.6 Å². The highest BCUT2D eigenvalue weighted by atomic mass is 19.1. The zero-order valence-electron chi connectivity index (χ0n) is 14.3. The van der Waals surface area contributed by atoms with Gasteiger partial charge in [-0.05, 0) is 35.9 Å². The maximum absolute atomic E-state index is 13.5. The Bertz CT molecular complexity index is 900. The van der Waals surface area contributed by atoms with Gasteiger partial charge in [0.25, 0.3) is 0 Å². The Labute approximate surface area is 155 Å². The van der Waals surface area contributed by atoms with Gasteiger partial charge in [0, 0.05) is 30.9 Å². The number of aromatic nitrogens is 1. The molecule has 5 nitrogen and oxygen atoms in total. The van der Waals surface area contributed by atoms with Crippen LogP contribution in [0.15, 0.2) is 66.9 Å². The highest BCUT2D eigenvalue weighted by Gasteiger charge is 2.05. The third kappa shape index (κ3) is 5.50. The SMILES string of the molecule is O=C(NCc1ccc(Oc2ccc(F)cc2)nc1)NCc1ccccc1F. The summed E-state index contributed by atoms with van der Waals surface area (Å²) >= 11 is 0. The van der Waals surface area contributed by atoms with Gasteiger partial charge in [-0.3, -0.25) is 0 Å². The first-order chi connectivity index (χ1) is 13.1. The van der Waals surface area contributed by atoms with E-state index in [0.29, 0.717) is 17.2 Å². The van der Waals surface area contributed by atoms with Crippen molar-refractivity contribution in [3.63, 3.8) is 0 Å². The van der Waals surface area contributed by atoms with Crippen LogP contribution < -0.4 is 15.4 Å². The molecule has 1 aromatic heterocycles. The second-order valence-electron chi connectivity index (χ2n) is 5.69. The molecular formula is C20H17F2N3O2. The molecule has 0 saturated heterocycles. The number of benzene rings is 2. The summed E-state index contributed by atoms with van der Waals surface area (Å²) in [5.41, 5.74) is 1.18. The second-order valence-corrected chi connectivity index (χ2v) is 5.69. The number of urea groups is 1. The first kappa shape index (κ1) is 18.3. The van der Waals surface area contributed by atoms with Gasteiger partial charge in [0.2, 0.25) is 5.88 Å². The van der Waals surface area contributed by atoms with Gasteiger partial charge in [-0.2, -0.15) is 0 Å². The zero-order chi connectivity index (χ0) is 19.1. The van der Waals surface area contributed by atoms with Crippen LogP contribution in [0.2, 0.25) is 0 Å². The van der Waals surface area contributed by atoms with Crippen LogP contribution >= 0.6 is 0 Å². The summed E-state index contributed by atoms with van der Waals surface area (Å²) in [5, 5.41) is 5.26. The first-order valence-corrected chi connectivity index (χ1v) is 8.23. The Hall–Kier alpha value is -3.48. The minimum atomic E-state index is -0.412. The molecule has 2 aromatic carbocycles. The van der Waals surface area contributed by atoms with Crippen LogP contribution in [-0.4, -0.2) is 11.0 Å². The molecule has 0 aliphatic heterocycles. The molecule has 2 N–H and O–H groups in total. The molecule has 1 heterocycles. The molecule has 0 aliphatic carbocycles. The van der Waals surface area contributed by atoms with Gasteiger partial charge >= 0.3 is 6.03 Å². The smallest absolute Gasteiger partial charge is 0.315 e. The Morgan fingerprint density at radius 3 is 2.37 bits per heavy atom. The Morgan fingerprint density at radius 1 is 0.926 bits per heavy atom. The van der Waals surface area contributed by atoms with Gasteiger partial charge < -0.3 is 15.4 Å². The number of hydrogen-bond donors (Lipinski definition) is 2. The van der Waals surface area contributed by atoms with Crippen LogP contribution in [-0.2, 0) is 13.1 Å². The maximum Gasteiger partial charge on any atom is 0.315 e. The van der Waals surface area contributed by atoms with Crippen molar-refractivity contribution in [2.45, 2.75) is 13.1 Å². The summed E-state index contributed by atoms with van der Waals surface area (Å²) in [5.74, 6) is 0.125. The molecule has 0 atom stereocenters. The minimum absolute atomic E-state index is 0.0984. The van der Waals surface area contributed by atoms with Gasteiger partial charge in [-0.15, -0.1) is 0 Å². The van der Waals surface area contributed by atoms with E-state index in [1.54, 1.807) is 36.5 Å². The minimum Gasteiger partial charge on any atom is -0.439 e. The van der Waals surface area contributed by atoms with Gasteiger partial charge in [0.1, 0.15) is 17.4 Å². The predicted molar refractivity (Wildman–Crippen MR) is 96.2 cm³/mol. The number of ether oxygens (including phenoxy) is 1. The van der Waals surface area contributed by atoms with Crippen molar-refractivity contribution >= 4 is 6.03 Å². The molecular weight excluding hydrogens is 352 g/mol. The number of nitrogens with one attached hydrogen (secondary N) is 2. The number of pyridine rings is 1. The van der Waals surface area contributed by atoms with E-state index in [4.69, 9.17) is 4.74 Å². The normalized spacial score (nSPS) is 10.3. The summed E-state index contributed by atoms with van der Waals surface area (Å²) in [4.78, 5) is 16.0. The Kier molecular flexibility index (Phi) is 5.94. The zero-order valence-corrected chi connectivity index (χ0v) is 14.3. The van der Waals surface area contributed by atoms with Gasteiger partial charge in [-0.1, -0.05) is 24.3 Å². The van der Waals surface area contributed by atoms with Crippen molar-refractivity contribution in [1.82, 2.24) is 15.6 Å². The number of rotatable bonds is 6. The molecule has 138 valence electrons. The fraction of sp³-hybridized carbons (Fsp3) is 0.100. The van der Waals surface area contributed by atoms with Gasteiger partial charge in [-0.25, -0.2) is 18.6 Å². The number of halogens is 2. The lowest BCUT2D eigenvalue weighted by Gasteiger charge is -2.09. The lowest BCUT2D eigenvalue weighted by atomic mass is 10.2. The third-order valence-corrected chi connectivity index (χ3v) is 3.68. The maximum atomic E-state index is 13.5. The van der Waals surface area contributed by atoms with Gasteiger partial charge in [0.15, 0.2) is 0 Å². The van der Waals surface area contributed by atoms with Crippen LogP contribution in [0.5, 0.6) is 11.6 Å². The van der Waals surface area contributed by atoms with Crippen LogP contribution in [0, 0.1) is 11.6 Å². The molecule has 3 aromatic rings. The third-order valence-electron chi connectivity index (χ3n) is 3.68. The predicted octanol–water partition coefficient (Wildman–Crippen LogP) is 4.15. The highest BCUT2D eigenvalue weighted by Crippen LogP contribution is 2.19. The van der Waals surface area contributed by atoms with E-state index in [1.807, 2.05) is 0 Å². The van der Waals surface area contributed by atoms with E-state index >= 15 is 0 Å². The molecule has 0 saturated carbocycles.